The maximum Gasteiger partial charge on any atom is 0.138 e. The van der Waals surface area contributed by atoms with Crippen molar-refractivity contribution in [3.8, 4) is 5.75 Å². The number of rotatable bonds is 6. The molecule has 0 saturated heterocycles. The van der Waals surface area contributed by atoms with Gasteiger partial charge in [-0.3, -0.25) is 4.90 Å². The molecule has 3 nitrogen and oxygen atoms in total. The molecule has 0 aromatic heterocycles. The monoisotopic (exact) mass is 270 g/mol. The molecule has 2 aromatic carbocycles. The van der Waals surface area contributed by atoms with Crippen LogP contribution in [-0.4, -0.2) is 16.6 Å². The number of nitrogens with two attached hydrogens (primary N) is 1. The SMILES string of the molecule is CCCN(Cc1ccccc1)Cc1ccc(O)c(N)c1. The van der Waals surface area contributed by atoms with Crippen LogP contribution in [0.15, 0.2) is 48.5 Å². The first-order valence-corrected chi connectivity index (χ1v) is 7.02. The summed E-state index contributed by atoms with van der Waals surface area (Å²) in [5.41, 5.74) is 8.64. The van der Waals surface area contributed by atoms with Gasteiger partial charge in [-0.05, 0) is 36.2 Å². The molecule has 0 atom stereocenters. The standard InChI is InChI=1S/C17H22N2O/c1-2-10-19(12-14-6-4-3-5-7-14)13-15-8-9-17(20)16(18)11-15/h3-9,11,20H,2,10,12-13,18H2,1H3. The van der Waals surface area contributed by atoms with Gasteiger partial charge < -0.3 is 10.8 Å². The molecule has 20 heavy (non-hydrogen) atoms. The minimum absolute atomic E-state index is 0.152. The second-order valence-electron chi connectivity index (χ2n) is 5.09. The molecule has 2 aromatic rings. The average Bonchev–Trinajstić information content (AvgIpc) is 2.44. The van der Waals surface area contributed by atoms with Crippen LogP contribution < -0.4 is 5.73 Å². The van der Waals surface area contributed by atoms with Crippen LogP contribution in [0.5, 0.6) is 5.75 Å². The number of aromatic hydroxyl groups is 1. The molecule has 2 rings (SSSR count). The van der Waals surface area contributed by atoms with Crippen LogP contribution in [0.2, 0.25) is 0 Å². The van der Waals surface area contributed by atoms with Crippen LogP contribution in [0.1, 0.15) is 24.5 Å². The van der Waals surface area contributed by atoms with E-state index in [2.05, 4.69) is 36.1 Å². The fraction of sp³-hybridized carbons (Fsp3) is 0.294. The summed E-state index contributed by atoms with van der Waals surface area (Å²) in [6.07, 6.45) is 1.11. The van der Waals surface area contributed by atoms with E-state index in [0.717, 1.165) is 31.6 Å². The van der Waals surface area contributed by atoms with Gasteiger partial charge in [-0.25, -0.2) is 0 Å². The maximum absolute atomic E-state index is 9.48. The fourth-order valence-electron chi connectivity index (χ4n) is 2.33. The summed E-state index contributed by atoms with van der Waals surface area (Å²) in [6.45, 7) is 4.99. The normalized spacial score (nSPS) is 10.9. The molecule has 0 spiro atoms. The second-order valence-corrected chi connectivity index (χ2v) is 5.09. The summed E-state index contributed by atoms with van der Waals surface area (Å²) in [4.78, 5) is 2.39. The lowest BCUT2D eigenvalue weighted by Gasteiger charge is -2.22. The summed E-state index contributed by atoms with van der Waals surface area (Å²) in [6, 6.07) is 15.9. The van der Waals surface area contributed by atoms with Crippen LogP contribution >= 0.6 is 0 Å². The van der Waals surface area contributed by atoms with Gasteiger partial charge in [-0.1, -0.05) is 43.3 Å². The number of nitrogens with zero attached hydrogens (tertiary/aromatic N) is 1. The predicted octanol–water partition coefficient (Wildman–Crippen LogP) is 3.39. The van der Waals surface area contributed by atoms with Gasteiger partial charge in [0.15, 0.2) is 0 Å². The second kappa shape index (κ2) is 6.96. The van der Waals surface area contributed by atoms with Gasteiger partial charge in [-0.2, -0.15) is 0 Å². The quantitative estimate of drug-likeness (QED) is 0.625. The number of nitrogen functional groups attached to an aromatic ring is 1. The van der Waals surface area contributed by atoms with Gasteiger partial charge in [0.05, 0.1) is 5.69 Å². The van der Waals surface area contributed by atoms with Crippen molar-refractivity contribution in [2.45, 2.75) is 26.4 Å². The topological polar surface area (TPSA) is 49.5 Å². The van der Waals surface area contributed by atoms with Crippen molar-refractivity contribution in [2.24, 2.45) is 0 Å². The van der Waals surface area contributed by atoms with Crippen molar-refractivity contribution in [3.05, 3.63) is 59.7 Å². The first kappa shape index (κ1) is 14.4. The summed E-state index contributed by atoms with van der Waals surface area (Å²) < 4.78 is 0. The lowest BCUT2D eigenvalue weighted by Crippen LogP contribution is -2.23. The van der Waals surface area contributed by atoms with E-state index < -0.39 is 0 Å². The van der Waals surface area contributed by atoms with Gasteiger partial charge in [-0.15, -0.1) is 0 Å². The molecule has 0 amide bonds. The molecule has 0 unspecified atom stereocenters. The smallest absolute Gasteiger partial charge is 0.138 e. The Balaban J connectivity index is 2.06. The van der Waals surface area contributed by atoms with E-state index in [4.69, 9.17) is 5.73 Å². The number of benzene rings is 2. The Morgan fingerprint density at radius 2 is 1.70 bits per heavy atom. The third-order valence-corrected chi connectivity index (χ3v) is 3.29. The zero-order valence-corrected chi connectivity index (χ0v) is 11.9. The van der Waals surface area contributed by atoms with E-state index in [0.29, 0.717) is 5.69 Å². The van der Waals surface area contributed by atoms with Gasteiger partial charge >= 0.3 is 0 Å². The average molecular weight is 270 g/mol. The molecule has 0 aliphatic heterocycles. The molecule has 3 heteroatoms. The van der Waals surface area contributed by atoms with E-state index in [1.165, 1.54) is 5.56 Å². The summed E-state index contributed by atoms with van der Waals surface area (Å²) in [5.74, 6) is 0.152. The molecule has 0 heterocycles. The van der Waals surface area contributed by atoms with E-state index in [1.807, 2.05) is 18.2 Å². The molecular weight excluding hydrogens is 248 g/mol. The van der Waals surface area contributed by atoms with Crippen molar-refractivity contribution in [2.75, 3.05) is 12.3 Å². The zero-order valence-electron chi connectivity index (χ0n) is 11.9. The molecule has 106 valence electrons. The maximum atomic E-state index is 9.48. The lowest BCUT2D eigenvalue weighted by molar-refractivity contribution is 0.257. The minimum atomic E-state index is 0.152. The van der Waals surface area contributed by atoms with Crippen LogP contribution in [0.3, 0.4) is 0 Å². The van der Waals surface area contributed by atoms with E-state index in [9.17, 15) is 5.11 Å². The highest BCUT2D eigenvalue weighted by molar-refractivity contribution is 5.53. The Hall–Kier alpha value is -2.00. The summed E-state index contributed by atoms with van der Waals surface area (Å²) in [5, 5.41) is 9.48. The van der Waals surface area contributed by atoms with Crippen molar-refractivity contribution in [3.63, 3.8) is 0 Å². The molecule has 0 radical (unpaired) electrons. The van der Waals surface area contributed by atoms with Crippen molar-refractivity contribution >= 4 is 5.69 Å². The number of anilines is 1. The summed E-state index contributed by atoms with van der Waals surface area (Å²) in [7, 11) is 0. The van der Waals surface area contributed by atoms with Crippen molar-refractivity contribution in [1.29, 1.82) is 0 Å². The predicted molar refractivity (Wildman–Crippen MR) is 83.4 cm³/mol. The molecule has 0 bridgehead atoms. The number of hydrogen-bond donors (Lipinski definition) is 2. The van der Waals surface area contributed by atoms with Crippen molar-refractivity contribution < 1.29 is 5.11 Å². The third-order valence-electron chi connectivity index (χ3n) is 3.29. The number of phenols is 1. The first-order valence-electron chi connectivity index (χ1n) is 7.02. The number of hydrogen-bond acceptors (Lipinski definition) is 3. The van der Waals surface area contributed by atoms with Gasteiger partial charge in [0.1, 0.15) is 5.75 Å². The molecule has 0 aliphatic carbocycles. The number of phenolic OH excluding ortho intramolecular Hbond substituents is 1. The van der Waals surface area contributed by atoms with Crippen LogP contribution in [-0.2, 0) is 13.1 Å². The largest absolute Gasteiger partial charge is 0.506 e. The first-order chi connectivity index (χ1) is 9.69. The Kier molecular flexibility index (Phi) is 5.02. The highest BCUT2D eigenvalue weighted by Crippen LogP contribution is 2.21. The molecule has 0 aliphatic rings. The highest BCUT2D eigenvalue weighted by Gasteiger charge is 2.07. The van der Waals surface area contributed by atoms with Crippen LogP contribution in [0.4, 0.5) is 5.69 Å². The molecule has 0 saturated carbocycles. The van der Waals surface area contributed by atoms with E-state index in [1.54, 1.807) is 6.07 Å². The Labute approximate surface area is 120 Å². The zero-order chi connectivity index (χ0) is 14.4. The van der Waals surface area contributed by atoms with E-state index >= 15 is 0 Å². The minimum Gasteiger partial charge on any atom is -0.506 e. The van der Waals surface area contributed by atoms with E-state index in [-0.39, 0.29) is 5.75 Å². The Morgan fingerprint density at radius 3 is 2.35 bits per heavy atom. The van der Waals surface area contributed by atoms with Crippen LogP contribution in [0, 0.1) is 0 Å². The third kappa shape index (κ3) is 4.00. The molecule has 0 fully saturated rings. The fourth-order valence-corrected chi connectivity index (χ4v) is 2.33. The Bertz CT molecular complexity index is 540. The van der Waals surface area contributed by atoms with Crippen molar-refractivity contribution in [1.82, 2.24) is 4.90 Å². The highest BCUT2D eigenvalue weighted by atomic mass is 16.3. The molecular formula is C17H22N2O. The summed E-state index contributed by atoms with van der Waals surface area (Å²) >= 11 is 0. The van der Waals surface area contributed by atoms with Gasteiger partial charge in [0.25, 0.3) is 0 Å². The lowest BCUT2D eigenvalue weighted by atomic mass is 10.1. The van der Waals surface area contributed by atoms with Gasteiger partial charge in [0, 0.05) is 13.1 Å². The van der Waals surface area contributed by atoms with Gasteiger partial charge in [0.2, 0.25) is 0 Å². The van der Waals surface area contributed by atoms with Crippen LogP contribution in [0.25, 0.3) is 0 Å². The Morgan fingerprint density at radius 1 is 1.00 bits per heavy atom. The molecule has 3 N–H and O–H groups in total.